The number of hydrogen-bond donors (Lipinski definition) is 7. The lowest BCUT2D eigenvalue weighted by atomic mass is 9.97. The van der Waals surface area contributed by atoms with Crippen LogP contribution in [-0.4, -0.2) is 145 Å². The second-order valence-electron chi connectivity index (χ2n) is 18.9. The molecule has 6 rings (SSSR count). The minimum absolute atomic E-state index is 0. The number of H-pyrrole nitrogens is 1. The fourth-order valence-electron chi connectivity index (χ4n) is 9.20. The van der Waals surface area contributed by atoms with E-state index in [1.54, 1.807) is 53.2 Å². The summed E-state index contributed by atoms with van der Waals surface area (Å²) < 4.78 is 41.1. The third kappa shape index (κ3) is 17.3. The molecule has 20 nitrogen and oxygen atoms in total. The van der Waals surface area contributed by atoms with Crippen molar-refractivity contribution in [3.05, 3.63) is 99.6 Å². The van der Waals surface area contributed by atoms with Gasteiger partial charge in [-0.3, -0.25) is 28.8 Å². The van der Waals surface area contributed by atoms with Crippen LogP contribution in [0.5, 0.6) is 0 Å². The number of fused-ring (bicyclic) bond motifs is 4. The van der Waals surface area contributed by atoms with Crippen molar-refractivity contribution in [3.8, 4) is 11.1 Å². The van der Waals surface area contributed by atoms with Crippen LogP contribution >= 0.6 is 0 Å². The van der Waals surface area contributed by atoms with E-state index in [0.717, 1.165) is 35.1 Å². The van der Waals surface area contributed by atoms with Crippen molar-refractivity contribution in [1.29, 1.82) is 0 Å². The van der Waals surface area contributed by atoms with Gasteiger partial charge in [0.05, 0.1) is 24.4 Å². The van der Waals surface area contributed by atoms with Crippen molar-refractivity contribution in [1.82, 2.24) is 25.8 Å². The van der Waals surface area contributed by atoms with Gasteiger partial charge in [-0.25, -0.2) is 9.18 Å². The van der Waals surface area contributed by atoms with Crippen LogP contribution in [0.3, 0.4) is 0 Å². The number of carbonyl (C=O) groups excluding carboxylic acids is 7. The van der Waals surface area contributed by atoms with Gasteiger partial charge in [0.25, 0.3) is 11.8 Å². The third-order valence-corrected chi connectivity index (χ3v) is 13.2. The van der Waals surface area contributed by atoms with E-state index in [1.165, 1.54) is 23.1 Å². The molecule has 2 aliphatic rings. The highest BCUT2D eigenvalue weighted by atomic mass is 19.1. The van der Waals surface area contributed by atoms with E-state index in [1.807, 2.05) is 24.3 Å². The smallest absolute Gasteiger partial charge is 0.409 e. The van der Waals surface area contributed by atoms with Crippen LogP contribution in [-0.2, 0) is 47.7 Å². The molecule has 7 N–H and O–H groups in total. The summed E-state index contributed by atoms with van der Waals surface area (Å²) >= 11 is 0. The quantitative estimate of drug-likeness (QED) is 0.0192. The van der Waals surface area contributed by atoms with Crippen LogP contribution in [0.25, 0.3) is 22.8 Å². The number of anilines is 3. The highest BCUT2D eigenvalue weighted by Crippen LogP contribution is 2.47. The molecule has 0 saturated heterocycles. The van der Waals surface area contributed by atoms with Gasteiger partial charge in [-0.15, -0.1) is 0 Å². The number of carbonyl (C=O) groups is 7. The molecular formula is C57H75FN8O12. The molecule has 2 heterocycles. The molecular weight excluding hydrogens is 1010 g/mol. The molecule has 0 radical (unpaired) electrons. The zero-order valence-corrected chi connectivity index (χ0v) is 45.2. The maximum absolute atomic E-state index is 14.1. The van der Waals surface area contributed by atoms with E-state index in [0.29, 0.717) is 111 Å². The van der Waals surface area contributed by atoms with Gasteiger partial charge in [-0.2, -0.15) is 0 Å². The standard InChI is InChI=1S/C57H73FN8O12.H2/c1-6-66(24-21-61-56(72)54-36(2)49(62-37(54)3)34-46-45-31-38(58)15-20-48(45)65-55(46)71)57(73)78-35-47-43-32-39(63-52(69)13-7-11-50(67)59-22-29-76-27-9-25-74-4)16-18-41(43)42-19-17-40(33-44(42)47)64-53(70)14-8-12-51(68)60-23-30-77-28-10-26-75-5;/h15-20,31-34,47,62H,6-14,21-30,35H2,1-5H3,(H,59,67)(H,60,68)(H,61,72)(H,63,69)(H,64,70)(H,65,71);1H/b46-34-;. The number of ether oxygens (including phenoxy) is 5. The molecule has 7 amide bonds. The van der Waals surface area contributed by atoms with Gasteiger partial charge >= 0.3 is 6.09 Å². The number of benzene rings is 3. The number of nitrogens with one attached hydrogen (secondary N) is 7. The molecule has 0 spiro atoms. The molecule has 0 unspecified atom stereocenters. The van der Waals surface area contributed by atoms with E-state index in [2.05, 4.69) is 36.9 Å². The minimum Gasteiger partial charge on any atom is -0.448 e. The van der Waals surface area contributed by atoms with Crippen LogP contribution in [0, 0.1) is 19.7 Å². The average molecular weight is 1080 g/mol. The second-order valence-corrected chi connectivity index (χ2v) is 18.9. The SMILES string of the molecule is CCN(CCNC(=O)c1c(C)[nH]c(/C=C2\C(=O)Nc3ccc(F)cc32)c1C)C(=O)OCC1c2cc(NC(=O)CCCC(=O)NCCOCCCOC)ccc2-c2ccc(NC(=O)CCCC(=O)NCCOCCCOC)cc21.[HH]. The first-order valence-electron chi connectivity index (χ1n) is 26.5. The maximum Gasteiger partial charge on any atom is 0.409 e. The van der Waals surface area contributed by atoms with Crippen molar-refractivity contribution in [2.24, 2.45) is 0 Å². The Morgan fingerprint density at radius 1 is 0.679 bits per heavy atom. The Morgan fingerprint density at radius 2 is 1.24 bits per heavy atom. The van der Waals surface area contributed by atoms with Crippen molar-refractivity contribution < 1.29 is 63.1 Å². The fourth-order valence-corrected chi connectivity index (χ4v) is 9.20. The van der Waals surface area contributed by atoms with E-state index < -0.39 is 23.7 Å². The van der Waals surface area contributed by atoms with Gasteiger partial charge in [0.15, 0.2) is 0 Å². The van der Waals surface area contributed by atoms with Crippen molar-refractivity contribution in [2.75, 3.05) is 109 Å². The highest BCUT2D eigenvalue weighted by molar-refractivity contribution is 6.35. The van der Waals surface area contributed by atoms with Crippen LogP contribution in [0.1, 0.15) is 110 Å². The minimum atomic E-state index is -0.623. The Balaban J connectivity index is 0.0000115. The van der Waals surface area contributed by atoms with Gasteiger partial charge in [-0.1, -0.05) is 12.1 Å². The molecule has 78 heavy (non-hydrogen) atoms. The summed E-state index contributed by atoms with van der Waals surface area (Å²) in [7, 11) is 3.25. The summed E-state index contributed by atoms with van der Waals surface area (Å²) in [5.74, 6) is -2.69. The lowest BCUT2D eigenvalue weighted by Gasteiger charge is -2.22. The van der Waals surface area contributed by atoms with E-state index in [9.17, 15) is 38.0 Å². The lowest BCUT2D eigenvalue weighted by Crippen LogP contribution is -2.39. The van der Waals surface area contributed by atoms with Gasteiger partial charge < -0.3 is 65.5 Å². The van der Waals surface area contributed by atoms with Gasteiger partial charge in [0, 0.05) is 140 Å². The maximum atomic E-state index is 14.1. The Morgan fingerprint density at radius 3 is 1.79 bits per heavy atom. The van der Waals surface area contributed by atoms with Crippen LogP contribution in [0.15, 0.2) is 54.6 Å². The molecule has 0 bridgehead atoms. The normalized spacial score (nSPS) is 12.8. The monoisotopic (exact) mass is 1080 g/mol. The Labute approximate surface area is 455 Å². The highest BCUT2D eigenvalue weighted by Gasteiger charge is 2.32. The van der Waals surface area contributed by atoms with Crippen molar-refractivity contribution in [3.63, 3.8) is 0 Å². The number of rotatable bonds is 32. The van der Waals surface area contributed by atoms with Gasteiger partial charge in [-0.05, 0) is 123 Å². The van der Waals surface area contributed by atoms with E-state index in [4.69, 9.17) is 23.7 Å². The molecule has 1 aromatic heterocycles. The van der Waals surface area contributed by atoms with Crippen molar-refractivity contribution in [2.45, 2.75) is 78.1 Å². The summed E-state index contributed by atoms with van der Waals surface area (Å²) in [6, 6.07) is 15.1. The Kier molecular flexibility index (Phi) is 23.4. The fraction of sp³-hybridized carbons (Fsp3) is 0.456. The number of amides is 7. The number of hydrogen-bond acceptors (Lipinski definition) is 12. The summed E-state index contributed by atoms with van der Waals surface area (Å²) in [6.45, 7) is 9.40. The van der Waals surface area contributed by atoms with Crippen LogP contribution in [0.2, 0.25) is 0 Å². The average Bonchev–Trinajstić information content (AvgIpc) is 4.18. The topological polar surface area (TPSA) is 257 Å². The molecule has 4 aromatic rings. The van der Waals surface area contributed by atoms with E-state index >= 15 is 0 Å². The summed E-state index contributed by atoms with van der Waals surface area (Å²) in [4.78, 5) is 95.9. The summed E-state index contributed by atoms with van der Waals surface area (Å²) in [6.07, 6.45) is 3.71. The van der Waals surface area contributed by atoms with Gasteiger partial charge in [0.1, 0.15) is 12.4 Å². The second kappa shape index (κ2) is 30.5. The Bertz CT molecular complexity index is 2710. The molecule has 1 aliphatic carbocycles. The molecule has 422 valence electrons. The lowest BCUT2D eigenvalue weighted by molar-refractivity contribution is -0.122. The molecule has 0 fully saturated rings. The molecule has 1 aliphatic heterocycles. The summed E-state index contributed by atoms with van der Waals surface area (Å²) in [5, 5.41) is 17.1. The van der Waals surface area contributed by atoms with Crippen molar-refractivity contribution >= 4 is 70.2 Å². The predicted molar refractivity (Wildman–Crippen MR) is 296 cm³/mol. The number of aromatic nitrogens is 1. The largest absolute Gasteiger partial charge is 0.448 e. The summed E-state index contributed by atoms with van der Waals surface area (Å²) in [5.41, 5.74) is 7.49. The number of aryl methyl sites for hydroxylation is 1. The number of methoxy groups -OCH3 is 2. The number of aromatic amines is 1. The van der Waals surface area contributed by atoms with Gasteiger partial charge in [0.2, 0.25) is 23.6 Å². The zero-order chi connectivity index (χ0) is 56.0. The number of likely N-dealkylation sites (N-methyl/N-ethyl adjacent to an activating group) is 1. The molecule has 0 saturated carbocycles. The number of nitrogens with zero attached hydrogens (tertiary/aromatic N) is 1. The zero-order valence-electron chi connectivity index (χ0n) is 45.2. The molecule has 0 atom stereocenters. The first-order chi connectivity index (χ1) is 37.7. The predicted octanol–water partition coefficient (Wildman–Crippen LogP) is 7.07. The molecule has 3 aromatic carbocycles. The van der Waals surface area contributed by atoms with Crippen LogP contribution in [0.4, 0.5) is 26.2 Å². The number of halogens is 1. The van der Waals surface area contributed by atoms with E-state index in [-0.39, 0.29) is 88.5 Å². The first-order valence-corrected chi connectivity index (χ1v) is 26.5. The molecule has 21 heteroatoms. The van der Waals surface area contributed by atoms with Crippen LogP contribution < -0.4 is 31.9 Å². The third-order valence-electron chi connectivity index (χ3n) is 13.2. The Hall–Kier alpha value is -7.46. The first kappa shape index (κ1) is 59.8.